The fourth-order valence-electron chi connectivity index (χ4n) is 2.34. The van der Waals surface area contributed by atoms with Gasteiger partial charge in [-0.25, -0.2) is 0 Å². The number of hydrogen-bond donors (Lipinski definition) is 0. The van der Waals surface area contributed by atoms with Crippen LogP contribution in [-0.4, -0.2) is 33.1 Å². The molecular weight excluding hydrogens is 342 g/mol. The first-order chi connectivity index (χ1) is 12.5. The van der Waals surface area contributed by atoms with Crippen LogP contribution in [-0.2, 0) is 0 Å². The van der Waals surface area contributed by atoms with E-state index in [1.807, 2.05) is 26.2 Å². The van der Waals surface area contributed by atoms with Crippen molar-refractivity contribution >= 4 is 17.4 Å². The van der Waals surface area contributed by atoms with Crippen molar-refractivity contribution in [3.8, 4) is 11.5 Å². The highest BCUT2D eigenvalue weighted by molar-refractivity contribution is 7.99. The molecule has 0 spiro atoms. The summed E-state index contributed by atoms with van der Waals surface area (Å²) in [6.07, 6.45) is 1.02. The highest BCUT2D eigenvalue weighted by Gasteiger charge is 2.04. The minimum atomic E-state index is 0.533. The van der Waals surface area contributed by atoms with E-state index in [9.17, 15) is 0 Å². The SMILES string of the molecule is C=C(COc1ccc(N(C)C)cc1)CSc1ccc(OCCC)c(C)c1. The van der Waals surface area contributed by atoms with Crippen molar-refractivity contribution < 1.29 is 9.47 Å². The van der Waals surface area contributed by atoms with Crippen molar-refractivity contribution in [2.75, 3.05) is 38.0 Å². The lowest BCUT2D eigenvalue weighted by Crippen LogP contribution is -2.08. The monoisotopic (exact) mass is 371 g/mol. The summed E-state index contributed by atoms with van der Waals surface area (Å²) in [6.45, 7) is 9.63. The first-order valence-electron chi connectivity index (χ1n) is 8.92. The van der Waals surface area contributed by atoms with Crippen LogP contribution in [0.3, 0.4) is 0 Å². The third kappa shape index (κ3) is 6.34. The highest BCUT2D eigenvalue weighted by atomic mass is 32.2. The van der Waals surface area contributed by atoms with Crippen LogP contribution in [0, 0.1) is 6.92 Å². The first kappa shape index (κ1) is 20.2. The number of benzene rings is 2. The molecule has 2 rings (SSSR count). The average molecular weight is 372 g/mol. The lowest BCUT2D eigenvalue weighted by Gasteiger charge is -2.14. The van der Waals surface area contributed by atoms with Crippen molar-refractivity contribution in [2.24, 2.45) is 0 Å². The molecule has 0 atom stereocenters. The summed E-state index contributed by atoms with van der Waals surface area (Å²) in [6, 6.07) is 14.4. The molecule has 0 aliphatic heterocycles. The van der Waals surface area contributed by atoms with Gasteiger partial charge in [-0.3, -0.25) is 0 Å². The summed E-state index contributed by atoms with van der Waals surface area (Å²) in [5.41, 5.74) is 3.40. The second-order valence-electron chi connectivity index (χ2n) is 6.49. The van der Waals surface area contributed by atoms with Gasteiger partial charge in [0.05, 0.1) is 6.61 Å². The average Bonchev–Trinajstić information content (AvgIpc) is 2.64. The standard InChI is InChI=1S/C22H29NO2S/c1-6-13-24-22-12-11-21(14-18(22)3)26-16-17(2)15-25-20-9-7-19(8-10-20)23(4)5/h7-12,14H,2,6,13,15-16H2,1,3-5H3. The molecule has 0 heterocycles. The van der Waals surface area contributed by atoms with Gasteiger partial charge < -0.3 is 14.4 Å². The molecule has 3 nitrogen and oxygen atoms in total. The maximum absolute atomic E-state index is 5.83. The van der Waals surface area contributed by atoms with E-state index in [1.54, 1.807) is 11.8 Å². The Kier molecular flexibility index (Phi) is 7.92. The molecular formula is C22H29NO2S. The number of ether oxygens (including phenoxy) is 2. The van der Waals surface area contributed by atoms with E-state index in [2.05, 4.69) is 55.7 Å². The van der Waals surface area contributed by atoms with Crippen LogP contribution in [0.1, 0.15) is 18.9 Å². The normalized spacial score (nSPS) is 10.5. The van der Waals surface area contributed by atoms with Gasteiger partial charge in [0, 0.05) is 30.4 Å². The Bertz CT molecular complexity index is 711. The van der Waals surface area contributed by atoms with E-state index in [-0.39, 0.29) is 0 Å². The summed E-state index contributed by atoms with van der Waals surface area (Å²) < 4.78 is 11.6. The molecule has 0 amide bonds. The molecule has 2 aromatic carbocycles. The van der Waals surface area contributed by atoms with Gasteiger partial charge in [0.2, 0.25) is 0 Å². The molecule has 0 unspecified atom stereocenters. The van der Waals surface area contributed by atoms with Gasteiger partial charge in [0.1, 0.15) is 18.1 Å². The van der Waals surface area contributed by atoms with Crippen LogP contribution in [0.2, 0.25) is 0 Å². The number of nitrogens with zero attached hydrogens (tertiary/aromatic N) is 1. The fraction of sp³-hybridized carbons (Fsp3) is 0.364. The Morgan fingerprint density at radius 1 is 1.08 bits per heavy atom. The molecule has 0 bridgehead atoms. The largest absolute Gasteiger partial charge is 0.493 e. The van der Waals surface area contributed by atoms with Crippen LogP contribution in [0.15, 0.2) is 59.5 Å². The lowest BCUT2D eigenvalue weighted by molar-refractivity contribution is 0.315. The predicted molar refractivity (Wildman–Crippen MR) is 113 cm³/mol. The molecule has 0 aliphatic carbocycles. The van der Waals surface area contributed by atoms with Crippen molar-refractivity contribution in [1.29, 1.82) is 0 Å². The molecule has 26 heavy (non-hydrogen) atoms. The second-order valence-corrected chi connectivity index (χ2v) is 7.54. The van der Waals surface area contributed by atoms with Gasteiger partial charge >= 0.3 is 0 Å². The third-order valence-corrected chi connectivity index (χ3v) is 4.99. The number of rotatable bonds is 10. The number of anilines is 1. The Balaban J connectivity index is 1.78. The lowest BCUT2D eigenvalue weighted by atomic mass is 10.2. The zero-order chi connectivity index (χ0) is 18.9. The zero-order valence-electron chi connectivity index (χ0n) is 16.2. The topological polar surface area (TPSA) is 21.7 Å². The van der Waals surface area contributed by atoms with Gasteiger partial charge in [-0.1, -0.05) is 13.5 Å². The minimum Gasteiger partial charge on any atom is -0.493 e. The number of thioether (sulfide) groups is 1. The summed E-state index contributed by atoms with van der Waals surface area (Å²) in [4.78, 5) is 3.29. The molecule has 0 radical (unpaired) electrons. The zero-order valence-corrected chi connectivity index (χ0v) is 17.1. The molecule has 0 saturated carbocycles. The Hall–Kier alpha value is -2.07. The van der Waals surface area contributed by atoms with Crippen molar-refractivity contribution in [2.45, 2.75) is 25.2 Å². The van der Waals surface area contributed by atoms with Gasteiger partial charge in [-0.05, 0) is 66.9 Å². The van der Waals surface area contributed by atoms with Crippen molar-refractivity contribution in [1.82, 2.24) is 0 Å². The molecule has 0 aromatic heterocycles. The van der Waals surface area contributed by atoms with Crippen LogP contribution in [0.25, 0.3) is 0 Å². The summed E-state index contributed by atoms with van der Waals surface area (Å²) in [7, 11) is 4.05. The molecule has 4 heteroatoms. The first-order valence-corrected chi connectivity index (χ1v) is 9.91. The Labute approximate surface area is 162 Å². The van der Waals surface area contributed by atoms with Crippen molar-refractivity contribution in [3.05, 3.63) is 60.2 Å². The summed E-state index contributed by atoms with van der Waals surface area (Å²) >= 11 is 1.77. The highest BCUT2D eigenvalue weighted by Crippen LogP contribution is 2.27. The van der Waals surface area contributed by atoms with Gasteiger partial charge in [-0.2, -0.15) is 0 Å². The van der Waals surface area contributed by atoms with Crippen LogP contribution < -0.4 is 14.4 Å². The molecule has 0 fully saturated rings. The fourth-order valence-corrected chi connectivity index (χ4v) is 3.22. The smallest absolute Gasteiger partial charge is 0.122 e. The summed E-state index contributed by atoms with van der Waals surface area (Å²) in [5.74, 6) is 2.68. The Morgan fingerprint density at radius 2 is 1.81 bits per heavy atom. The van der Waals surface area contributed by atoms with Crippen molar-refractivity contribution in [3.63, 3.8) is 0 Å². The molecule has 0 saturated heterocycles. The van der Waals surface area contributed by atoms with Gasteiger partial charge in [0.25, 0.3) is 0 Å². The number of hydrogen-bond acceptors (Lipinski definition) is 4. The molecule has 2 aromatic rings. The van der Waals surface area contributed by atoms with E-state index >= 15 is 0 Å². The second kappa shape index (κ2) is 10.2. The Morgan fingerprint density at radius 3 is 2.42 bits per heavy atom. The summed E-state index contributed by atoms with van der Waals surface area (Å²) in [5, 5.41) is 0. The maximum Gasteiger partial charge on any atom is 0.122 e. The van der Waals surface area contributed by atoms with Crippen LogP contribution >= 0.6 is 11.8 Å². The van der Waals surface area contributed by atoms with E-state index in [4.69, 9.17) is 9.47 Å². The maximum atomic E-state index is 5.83. The molecule has 140 valence electrons. The van der Waals surface area contributed by atoms with Crippen LogP contribution in [0.4, 0.5) is 5.69 Å². The quantitative estimate of drug-likeness (QED) is 0.401. The third-order valence-electron chi connectivity index (χ3n) is 3.85. The molecule has 0 aliphatic rings. The van der Waals surface area contributed by atoms with Gasteiger partial charge in [-0.15, -0.1) is 11.8 Å². The minimum absolute atomic E-state index is 0.533. The van der Waals surface area contributed by atoms with E-state index in [0.29, 0.717) is 6.61 Å². The van der Waals surface area contributed by atoms with E-state index in [0.717, 1.165) is 41.5 Å². The molecule has 0 N–H and O–H groups in total. The van der Waals surface area contributed by atoms with E-state index in [1.165, 1.54) is 10.5 Å². The van der Waals surface area contributed by atoms with E-state index < -0.39 is 0 Å². The number of aryl methyl sites for hydroxylation is 1. The predicted octanol–water partition coefficient (Wildman–Crippen LogP) is 5.58. The van der Waals surface area contributed by atoms with Gasteiger partial charge in [0.15, 0.2) is 0 Å². The van der Waals surface area contributed by atoms with Crippen LogP contribution in [0.5, 0.6) is 11.5 Å².